The minimum absolute atomic E-state index is 0.0430. The quantitative estimate of drug-likeness (QED) is 0.738. The van der Waals surface area contributed by atoms with Gasteiger partial charge in [-0.25, -0.2) is 9.78 Å². The number of H-pyrrole nitrogens is 1. The molecule has 5 nitrogen and oxygen atoms in total. The van der Waals surface area contributed by atoms with Crippen molar-refractivity contribution in [1.82, 2.24) is 9.97 Å². The molecule has 2 aromatic carbocycles. The molecule has 0 amide bonds. The summed E-state index contributed by atoms with van der Waals surface area (Å²) in [5, 5.41) is 10.1. The third-order valence-corrected chi connectivity index (χ3v) is 3.84. The Morgan fingerprint density at radius 1 is 1.21 bits per heavy atom. The molecule has 1 heterocycles. The largest absolute Gasteiger partial charge is 0.478 e. The molecule has 0 unspecified atom stereocenters. The van der Waals surface area contributed by atoms with E-state index in [2.05, 4.69) is 9.97 Å². The van der Waals surface area contributed by atoms with Crippen LogP contribution in [-0.2, 0) is 0 Å². The van der Waals surface area contributed by atoms with E-state index in [9.17, 15) is 9.59 Å². The van der Waals surface area contributed by atoms with Crippen molar-refractivity contribution in [2.24, 2.45) is 0 Å². The van der Waals surface area contributed by atoms with Gasteiger partial charge in [0.15, 0.2) is 5.82 Å². The number of hydrogen-bond acceptors (Lipinski definition) is 3. The molecular formula is C17H10Cl2N2O3. The lowest BCUT2D eigenvalue weighted by molar-refractivity contribution is 0.0697. The summed E-state index contributed by atoms with van der Waals surface area (Å²) < 4.78 is 0. The number of aromatic amines is 1. The van der Waals surface area contributed by atoms with Crippen LogP contribution in [0, 0.1) is 0 Å². The number of carboxylic acids is 1. The van der Waals surface area contributed by atoms with E-state index >= 15 is 0 Å². The molecule has 1 aromatic heterocycles. The molecule has 0 atom stereocenters. The number of nitrogens with one attached hydrogen (secondary N) is 1. The summed E-state index contributed by atoms with van der Waals surface area (Å²) in [6, 6.07) is 11.1. The number of hydrogen-bond donors (Lipinski definition) is 2. The highest BCUT2D eigenvalue weighted by Crippen LogP contribution is 2.21. The van der Waals surface area contributed by atoms with E-state index in [0.717, 1.165) is 5.56 Å². The van der Waals surface area contributed by atoms with Gasteiger partial charge in [0.05, 0.1) is 21.5 Å². The molecule has 0 fully saturated rings. The third kappa shape index (κ3) is 3.32. The van der Waals surface area contributed by atoms with Crippen molar-refractivity contribution in [3.05, 3.63) is 74.8 Å². The maximum absolute atomic E-state index is 12.1. The van der Waals surface area contributed by atoms with Gasteiger partial charge < -0.3 is 10.1 Å². The molecule has 120 valence electrons. The van der Waals surface area contributed by atoms with Gasteiger partial charge in [0.2, 0.25) is 0 Å². The van der Waals surface area contributed by atoms with Gasteiger partial charge in [-0.1, -0.05) is 35.3 Å². The molecule has 0 spiro atoms. The molecule has 0 aliphatic heterocycles. The van der Waals surface area contributed by atoms with Crippen LogP contribution in [0.25, 0.3) is 22.0 Å². The van der Waals surface area contributed by atoms with E-state index in [1.54, 1.807) is 30.3 Å². The summed E-state index contributed by atoms with van der Waals surface area (Å²) in [6.07, 6.45) is 1.61. The summed E-state index contributed by atoms with van der Waals surface area (Å²) in [7, 11) is 0. The Morgan fingerprint density at radius 2 is 2.00 bits per heavy atom. The number of fused-ring (bicyclic) bond motifs is 1. The summed E-state index contributed by atoms with van der Waals surface area (Å²) >= 11 is 12.2. The van der Waals surface area contributed by atoms with Crippen LogP contribution in [0.3, 0.4) is 0 Å². The number of carbonyl (C=O) groups is 1. The highest BCUT2D eigenvalue weighted by molar-refractivity contribution is 6.50. The van der Waals surface area contributed by atoms with Crippen molar-refractivity contribution in [2.75, 3.05) is 0 Å². The number of halogens is 2. The molecule has 0 aliphatic carbocycles. The summed E-state index contributed by atoms with van der Waals surface area (Å²) in [6.45, 7) is 0. The topological polar surface area (TPSA) is 83.0 Å². The average molecular weight is 361 g/mol. The molecule has 0 saturated carbocycles. The SMILES string of the molecule is O=C(O)c1ccc2c(=O)[nH]c(C(Cl)=Cc3cccc(Cl)c3)nc2c1. The minimum atomic E-state index is -1.10. The van der Waals surface area contributed by atoms with Gasteiger partial charge in [-0.05, 0) is 42.0 Å². The van der Waals surface area contributed by atoms with E-state index < -0.39 is 11.5 Å². The molecule has 0 aliphatic rings. The minimum Gasteiger partial charge on any atom is -0.478 e. The smallest absolute Gasteiger partial charge is 0.335 e. The van der Waals surface area contributed by atoms with Crippen LogP contribution >= 0.6 is 23.2 Å². The third-order valence-electron chi connectivity index (χ3n) is 3.32. The molecule has 0 bridgehead atoms. The Hall–Kier alpha value is -2.63. The summed E-state index contributed by atoms with van der Waals surface area (Å²) in [5.41, 5.74) is 0.645. The van der Waals surface area contributed by atoms with E-state index in [1.807, 2.05) is 0 Å². The number of aromatic carboxylic acids is 1. The zero-order valence-electron chi connectivity index (χ0n) is 12.1. The highest BCUT2D eigenvalue weighted by Gasteiger charge is 2.10. The van der Waals surface area contributed by atoms with Gasteiger partial charge in [0.25, 0.3) is 5.56 Å². The van der Waals surface area contributed by atoms with Crippen LogP contribution in [0.5, 0.6) is 0 Å². The van der Waals surface area contributed by atoms with Crippen molar-refractivity contribution < 1.29 is 9.90 Å². The van der Waals surface area contributed by atoms with Crippen LogP contribution in [0.2, 0.25) is 5.02 Å². The van der Waals surface area contributed by atoms with Gasteiger partial charge in [-0.15, -0.1) is 0 Å². The Morgan fingerprint density at radius 3 is 2.71 bits per heavy atom. The lowest BCUT2D eigenvalue weighted by Crippen LogP contribution is -2.11. The number of benzene rings is 2. The molecule has 0 saturated heterocycles. The van der Waals surface area contributed by atoms with Crippen LogP contribution < -0.4 is 5.56 Å². The number of carboxylic acid groups (broad SMARTS) is 1. The first-order chi connectivity index (χ1) is 11.4. The fraction of sp³-hybridized carbons (Fsp3) is 0. The maximum Gasteiger partial charge on any atom is 0.335 e. The number of aromatic nitrogens is 2. The van der Waals surface area contributed by atoms with Gasteiger partial charge in [-0.3, -0.25) is 4.79 Å². The highest BCUT2D eigenvalue weighted by atomic mass is 35.5. The van der Waals surface area contributed by atoms with E-state index in [-0.39, 0.29) is 27.3 Å². The molecule has 0 radical (unpaired) electrons. The van der Waals surface area contributed by atoms with Crippen molar-refractivity contribution in [1.29, 1.82) is 0 Å². The van der Waals surface area contributed by atoms with Gasteiger partial charge in [0, 0.05) is 5.02 Å². The van der Waals surface area contributed by atoms with Gasteiger partial charge in [-0.2, -0.15) is 0 Å². The molecular weight excluding hydrogens is 351 g/mol. The Labute approximate surface area is 146 Å². The Bertz CT molecular complexity index is 1040. The molecule has 7 heteroatoms. The second kappa shape index (κ2) is 6.47. The Balaban J connectivity index is 2.12. The normalized spacial score (nSPS) is 11.7. The van der Waals surface area contributed by atoms with Crippen LogP contribution in [0.1, 0.15) is 21.7 Å². The summed E-state index contributed by atoms with van der Waals surface area (Å²) in [5.74, 6) is -0.947. The number of rotatable bonds is 3. The zero-order valence-corrected chi connectivity index (χ0v) is 13.6. The van der Waals surface area contributed by atoms with E-state index in [0.29, 0.717) is 5.02 Å². The number of nitrogens with zero attached hydrogens (tertiary/aromatic N) is 1. The maximum atomic E-state index is 12.1. The first kappa shape index (κ1) is 16.2. The molecule has 2 N–H and O–H groups in total. The summed E-state index contributed by atoms with van der Waals surface area (Å²) in [4.78, 5) is 30.0. The first-order valence-electron chi connectivity index (χ1n) is 6.84. The van der Waals surface area contributed by atoms with E-state index in [4.69, 9.17) is 28.3 Å². The second-order valence-corrected chi connectivity index (χ2v) is 5.84. The predicted octanol–water partition coefficient (Wildman–Crippen LogP) is 4.01. The fourth-order valence-corrected chi connectivity index (χ4v) is 2.61. The van der Waals surface area contributed by atoms with Crippen molar-refractivity contribution in [2.45, 2.75) is 0 Å². The van der Waals surface area contributed by atoms with Crippen LogP contribution in [0.15, 0.2) is 47.3 Å². The lowest BCUT2D eigenvalue weighted by Gasteiger charge is -2.03. The van der Waals surface area contributed by atoms with E-state index in [1.165, 1.54) is 18.2 Å². The van der Waals surface area contributed by atoms with Crippen LogP contribution in [0.4, 0.5) is 0 Å². The average Bonchev–Trinajstić information content (AvgIpc) is 2.54. The predicted molar refractivity (Wildman–Crippen MR) is 94.5 cm³/mol. The van der Waals surface area contributed by atoms with Crippen molar-refractivity contribution >= 4 is 51.2 Å². The fourth-order valence-electron chi connectivity index (χ4n) is 2.20. The van der Waals surface area contributed by atoms with Gasteiger partial charge in [0.1, 0.15) is 0 Å². The Kier molecular flexibility index (Phi) is 4.38. The first-order valence-corrected chi connectivity index (χ1v) is 7.60. The molecule has 3 aromatic rings. The van der Waals surface area contributed by atoms with Crippen LogP contribution in [-0.4, -0.2) is 21.0 Å². The molecule has 24 heavy (non-hydrogen) atoms. The lowest BCUT2D eigenvalue weighted by atomic mass is 10.1. The second-order valence-electron chi connectivity index (χ2n) is 5.00. The van der Waals surface area contributed by atoms with Gasteiger partial charge >= 0.3 is 5.97 Å². The van der Waals surface area contributed by atoms with Crippen molar-refractivity contribution in [3.8, 4) is 0 Å². The van der Waals surface area contributed by atoms with Crippen molar-refractivity contribution in [3.63, 3.8) is 0 Å². The monoisotopic (exact) mass is 360 g/mol. The molecule has 3 rings (SSSR count). The standard InChI is InChI=1S/C17H10Cl2N2O3/c18-11-3-1-2-9(6-11)7-13(19)15-20-14-8-10(17(23)24)4-5-12(14)16(22)21-15/h1-8H,(H,23,24)(H,20,21,22). The zero-order chi connectivity index (χ0) is 17.3.